The van der Waals surface area contributed by atoms with Gasteiger partial charge < -0.3 is 11.1 Å². The van der Waals surface area contributed by atoms with Gasteiger partial charge in [-0.25, -0.2) is 8.42 Å². The van der Waals surface area contributed by atoms with E-state index in [0.29, 0.717) is 25.9 Å². The summed E-state index contributed by atoms with van der Waals surface area (Å²) in [5, 5.41) is 2.92. The summed E-state index contributed by atoms with van der Waals surface area (Å²) in [6, 6.07) is 0. The Hall–Kier alpha value is -0.620. The highest BCUT2D eigenvalue weighted by Crippen LogP contribution is 1.86. The van der Waals surface area contributed by atoms with E-state index in [-0.39, 0.29) is 11.7 Å². The molecule has 0 saturated heterocycles. The smallest absolute Gasteiger partial charge is 0.218 e. The summed E-state index contributed by atoms with van der Waals surface area (Å²) in [6.45, 7) is 1.11. The predicted octanol–water partition coefficient (Wildman–Crippen LogP) is -1.11. The van der Waals surface area contributed by atoms with E-state index in [1.54, 1.807) is 0 Å². The molecule has 78 valence electrons. The van der Waals surface area contributed by atoms with E-state index < -0.39 is 9.84 Å². The molecule has 0 rings (SSSR count). The van der Waals surface area contributed by atoms with Gasteiger partial charge in [-0.3, -0.25) is 4.79 Å². The maximum atomic E-state index is 10.7. The van der Waals surface area contributed by atoms with Gasteiger partial charge in [0.15, 0.2) is 0 Å². The summed E-state index contributed by atoms with van der Waals surface area (Å²) in [5.41, 5.74) is 4.90. The molecule has 1 amide bonds. The van der Waals surface area contributed by atoms with Gasteiger partial charge in [0, 0.05) is 19.2 Å². The second-order valence-corrected chi connectivity index (χ2v) is 5.21. The second-order valence-electron chi connectivity index (χ2n) is 2.95. The maximum Gasteiger partial charge on any atom is 0.218 e. The van der Waals surface area contributed by atoms with Crippen LogP contribution in [0.4, 0.5) is 0 Å². The third-order valence-corrected chi connectivity index (χ3v) is 2.45. The summed E-state index contributed by atoms with van der Waals surface area (Å²) in [6.07, 6.45) is 2.06. The molecule has 0 heterocycles. The van der Waals surface area contributed by atoms with Gasteiger partial charge >= 0.3 is 0 Å². The zero-order valence-electron chi connectivity index (χ0n) is 7.75. The fourth-order valence-electron chi connectivity index (χ4n) is 0.796. The highest BCUT2D eigenvalue weighted by atomic mass is 32.2. The van der Waals surface area contributed by atoms with Crippen molar-refractivity contribution in [1.82, 2.24) is 5.32 Å². The molecular weight excluding hydrogens is 192 g/mol. The van der Waals surface area contributed by atoms with Crippen LogP contribution in [0.1, 0.15) is 12.8 Å². The third kappa shape index (κ3) is 11.4. The fraction of sp³-hybridized carbons (Fsp3) is 0.857. The number of hydrogen-bond acceptors (Lipinski definition) is 4. The topological polar surface area (TPSA) is 89.3 Å². The van der Waals surface area contributed by atoms with Crippen molar-refractivity contribution in [3.63, 3.8) is 0 Å². The molecule has 0 aliphatic carbocycles. The van der Waals surface area contributed by atoms with E-state index in [9.17, 15) is 13.2 Å². The number of carbonyl (C=O) groups is 1. The standard InChI is InChI=1S/C7H16N2O3S/c1-13(11,12)6-2-4-9-5-3-7(8)10/h9H,2-6H2,1H3,(H2,8,10). The molecule has 0 unspecified atom stereocenters. The van der Waals surface area contributed by atoms with Crippen LogP contribution in [0.25, 0.3) is 0 Å². The molecule has 13 heavy (non-hydrogen) atoms. The Bertz CT molecular complexity index is 248. The van der Waals surface area contributed by atoms with Crippen molar-refractivity contribution in [2.24, 2.45) is 5.73 Å². The normalized spacial score (nSPS) is 11.5. The average Bonchev–Trinajstić information content (AvgIpc) is 1.93. The predicted molar refractivity (Wildman–Crippen MR) is 51.0 cm³/mol. The molecule has 6 heteroatoms. The molecule has 3 N–H and O–H groups in total. The zero-order valence-corrected chi connectivity index (χ0v) is 8.56. The average molecular weight is 208 g/mol. The Balaban J connectivity index is 3.23. The van der Waals surface area contributed by atoms with E-state index in [0.717, 1.165) is 0 Å². The first-order valence-electron chi connectivity index (χ1n) is 4.08. The van der Waals surface area contributed by atoms with Gasteiger partial charge in [-0.15, -0.1) is 0 Å². The van der Waals surface area contributed by atoms with Crippen LogP contribution >= 0.6 is 0 Å². The highest BCUT2D eigenvalue weighted by molar-refractivity contribution is 7.90. The molecule has 0 aliphatic rings. The van der Waals surface area contributed by atoms with Crippen molar-refractivity contribution in [2.75, 3.05) is 25.1 Å². The van der Waals surface area contributed by atoms with Crippen LogP contribution < -0.4 is 11.1 Å². The number of carbonyl (C=O) groups excluding carboxylic acids is 1. The van der Waals surface area contributed by atoms with Gasteiger partial charge in [0.05, 0.1) is 5.75 Å². The molecule has 0 fully saturated rings. The van der Waals surface area contributed by atoms with Crippen LogP contribution in [0.15, 0.2) is 0 Å². The fourth-order valence-corrected chi connectivity index (χ4v) is 1.46. The number of primary amides is 1. The summed E-state index contributed by atoms with van der Waals surface area (Å²) < 4.78 is 21.3. The Morgan fingerprint density at radius 2 is 2.00 bits per heavy atom. The number of rotatable bonds is 7. The monoisotopic (exact) mass is 208 g/mol. The first-order chi connectivity index (χ1) is 5.92. The number of nitrogens with one attached hydrogen (secondary N) is 1. The van der Waals surface area contributed by atoms with E-state index in [1.807, 2.05) is 0 Å². The number of sulfone groups is 1. The molecule has 0 atom stereocenters. The van der Waals surface area contributed by atoms with Crippen molar-refractivity contribution in [3.05, 3.63) is 0 Å². The Kier molecular flexibility index (Phi) is 5.65. The molecule has 5 nitrogen and oxygen atoms in total. The molecule has 0 spiro atoms. The van der Waals surface area contributed by atoms with Crippen LogP contribution in [0.3, 0.4) is 0 Å². The Labute approximate surface area is 78.6 Å². The Morgan fingerprint density at radius 1 is 1.38 bits per heavy atom. The lowest BCUT2D eigenvalue weighted by molar-refractivity contribution is -0.117. The van der Waals surface area contributed by atoms with Gasteiger partial charge in [-0.05, 0) is 13.0 Å². The first kappa shape index (κ1) is 12.4. The second kappa shape index (κ2) is 5.93. The van der Waals surface area contributed by atoms with Crippen LogP contribution in [-0.4, -0.2) is 39.4 Å². The molecule has 0 aromatic rings. The molecule has 0 bridgehead atoms. The van der Waals surface area contributed by atoms with E-state index in [2.05, 4.69) is 5.32 Å². The van der Waals surface area contributed by atoms with Crippen LogP contribution in [-0.2, 0) is 14.6 Å². The van der Waals surface area contributed by atoms with Crippen molar-refractivity contribution < 1.29 is 13.2 Å². The molecule has 0 aromatic heterocycles. The van der Waals surface area contributed by atoms with E-state index >= 15 is 0 Å². The lowest BCUT2D eigenvalue weighted by Gasteiger charge is -2.01. The third-order valence-electron chi connectivity index (χ3n) is 1.42. The molecule has 0 aliphatic heterocycles. The van der Waals surface area contributed by atoms with Gasteiger partial charge in [0.25, 0.3) is 0 Å². The number of nitrogens with two attached hydrogens (primary N) is 1. The molecule has 0 saturated carbocycles. The van der Waals surface area contributed by atoms with Gasteiger partial charge in [-0.2, -0.15) is 0 Å². The largest absolute Gasteiger partial charge is 0.370 e. The lowest BCUT2D eigenvalue weighted by Crippen LogP contribution is -2.23. The first-order valence-corrected chi connectivity index (χ1v) is 6.14. The number of hydrogen-bond donors (Lipinski definition) is 2. The summed E-state index contributed by atoms with van der Waals surface area (Å²) in [7, 11) is -2.86. The van der Waals surface area contributed by atoms with Crippen LogP contribution in [0.5, 0.6) is 0 Å². The lowest BCUT2D eigenvalue weighted by atomic mass is 10.4. The maximum absolute atomic E-state index is 10.7. The minimum atomic E-state index is -2.86. The van der Waals surface area contributed by atoms with Gasteiger partial charge in [-0.1, -0.05) is 0 Å². The molecular formula is C7H16N2O3S. The minimum absolute atomic E-state index is 0.177. The molecule has 0 aromatic carbocycles. The van der Waals surface area contributed by atoms with Crippen molar-refractivity contribution in [2.45, 2.75) is 12.8 Å². The van der Waals surface area contributed by atoms with Crippen LogP contribution in [0.2, 0.25) is 0 Å². The Morgan fingerprint density at radius 3 is 2.46 bits per heavy atom. The van der Waals surface area contributed by atoms with E-state index in [4.69, 9.17) is 5.73 Å². The van der Waals surface area contributed by atoms with Gasteiger partial charge in [0.2, 0.25) is 5.91 Å². The SMILES string of the molecule is CS(=O)(=O)CCCNCCC(N)=O. The van der Waals surface area contributed by atoms with Crippen molar-refractivity contribution in [3.8, 4) is 0 Å². The van der Waals surface area contributed by atoms with Crippen LogP contribution in [0, 0.1) is 0 Å². The summed E-state index contributed by atoms with van der Waals surface area (Å²) in [4.78, 5) is 10.3. The quantitative estimate of drug-likeness (QED) is 0.519. The van der Waals surface area contributed by atoms with E-state index in [1.165, 1.54) is 6.26 Å². The minimum Gasteiger partial charge on any atom is -0.370 e. The summed E-state index contributed by atoms with van der Waals surface area (Å²) in [5.74, 6) is -0.174. The zero-order chi connectivity index (χ0) is 10.3. The number of amides is 1. The highest BCUT2D eigenvalue weighted by Gasteiger charge is 2.00. The summed E-state index contributed by atoms with van der Waals surface area (Å²) >= 11 is 0. The van der Waals surface area contributed by atoms with Crippen molar-refractivity contribution in [1.29, 1.82) is 0 Å². The van der Waals surface area contributed by atoms with Gasteiger partial charge in [0.1, 0.15) is 9.84 Å². The van der Waals surface area contributed by atoms with Crippen molar-refractivity contribution >= 4 is 15.7 Å². The molecule has 0 radical (unpaired) electrons.